The summed E-state index contributed by atoms with van der Waals surface area (Å²) in [6.45, 7) is 5.61. The summed E-state index contributed by atoms with van der Waals surface area (Å²) in [4.78, 5) is 0. The molecule has 0 aromatic heterocycles. The van der Waals surface area contributed by atoms with Crippen molar-refractivity contribution in [3.63, 3.8) is 0 Å². The Morgan fingerprint density at radius 2 is 2.33 bits per heavy atom. The van der Waals surface area contributed by atoms with E-state index in [2.05, 4.69) is 6.92 Å². The normalized spacial score (nSPS) is 10.3. The average molecular weight is 82.1 g/mol. The van der Waals surface area contributed by atoms with Crippen molar-refractivity contribution in [1.29, 1.82) is 0 Å². The van der Waals surface area contributed by atoms with Crippen LogP contribution in [0.25, 0.3) is 0 Å². The van der Waals surface area contributed by atoms with Gasteiger partial charge in [0.1, 0.15) is 0 Å². The van der Waals surface area contributed by atoms with Crippen LogP contribution in [-0.4, -0.2) is 0 Å². The molecule has 0 N–H and O–H groups in total. The highest BCUT2D eigenvalue weighted by atomic mass is 13.7. The molecule has 0 aromatic rings. The Hall–Kier alpha value is -0.260. The van der Waals surface area contributed by atoms with Crippen LogP contribution in [0.2, 0.25) is 0 Å². The van der Waals surface area contributed by atoms with Gasteiger partial charge < -0.3 is 0 Å². The molecule has 0 unspecified atom stereocenters. The number of allylic oxidation sites excluding steroid dienone is 2. The Balaban J connectivity index is 2.66. The van der Waals surface area contributed by atoms with E-state index in [0.717, 1.165) is 6.42 Å². The van der Waals surface area contributed by atoms with Crippen LogP contribution in [0.15, 0.2) is 12.2 Å². The zero-order valence-electron chi connectivity index (χ0n) is 4.15. The second-order valence-electron chi connectivity index (χ2n) is 1.05. The van der Waals surface area contributed by atoms with Gasteiger partial charge in [0, 0.05) is 0 Å². The van der Waals surface area contributed by atoms with E-state index in [1.807, 2.05) is 25.5 Å². The van der Waals surface area contributed by atoms with Gasteiger partial charge in [-0.25, -0.2) is 0 Å². The molecule has 0 amide bonds. The molecular formula is C6H10. The van der Waals surface area contributed by atoms with E-state index in [0.29, 0.717) is 0 Å². The maximum Gasteiger partial charge on any atom is -0.0171 e. The van der Waals surface area contributed by atoms with Gasteiger partial charge in [-0.05, 0) is 19.8 Å². The van der Waals surface area contributed by atoms with Crippen molar-refractivity contribution in [1.82, 2.24) is 0 Å². The standard InChI is InChI=1S/C6H10/c1-3-5-6-4-2/h4-6H,1,3H2,2H3/b6-4-. The zero-order valence-corrected chi connectivity index (χ0v) is 4.15. The summed E-state index contributed by atoms with van der Waals surface area (Å²) >= 11 is 0. The Labute approximate surface area is 39.9 Å². The summed E-state index contributed by atoms with van der Waals surface area (Å²) in [6, 6.07) is 0. The highest BCUT2D eigenvalue weighted by Crippen LogP contribution is 1.82. The Morgan fingerprint density at radius 1 is 1.67 bits per heavy atom. The van der Waals surface area contributed by atoms with Crippen LogP contribution >= 0.6 is 0 Å². The van der Waals surface area contributed by atoms with E-state index in [-0.39, 0.29) is 0 Å². The first-order valence-electron chi connectivity index (χ1n) is 2.15. The van der Waals surface area contributed by atoms with Gasteiger partial charge >= 0.3 is 0 Å². The summed E-state index contributed by atoms with van der Waals surface area (Å²) < 4.78 is 0. The summed E-state index contributed by atoms with van der Waals surface area (Å²) in [5, 5.41) is 0. The minimum Gasteiger partial charge on any atom is -0.0914 e. The van der Waals surface area contributed by atoms with E-state index < -0.39 is 0 Å². The molecule has 0 fully saturated rings. The predicted octanol–water partition coefficient (Wildman–Crippen LogP) is 1.99. The molecule has 0 bridgehead atoms. The van der Waals surface area contributed by atoms with E-state index in [9.17, 15) is 0 Å². The molecule has 0 spiro atoms. The number of unbranched alkanes of at least 4 members (excludes halogenated alkanes) is 1. The smallest absolute Gasteiger partial charge is 0.0171 e. The van der Waals surface area contributed by atoms with Gasteiger partial charge in [-0.2, -0.15) is 0 Å². The first-order valence-corrected chi connectivity index (χ1v) is 2.15. The Kier molecular flexibility index (Phi) is 4.53. The van der Waals surface area contributed by atoms with E-state index in [1.54, 1.807) is 0 Å². The van der Waals surface area contributed by atoms with Crippen LogP contribution in [0, 0.1) is 13.3 Å². The molecule has 0 aliphatic heterocycles. The first-order chi connectivity index (χ1) is 2.91. The van der Waals surface area contributed by atoms with E-state index >= 15 is 0 Å². The zero-order chi connectivity index (χ0) is 4.83. The Morgan fingerprint density at radius 3 is 2.50 bits per heavy atom. The second-order valence-corrected chi connectivity index (χ2v) is 1.05. The van der Waals surface area contributed by atoms with Crippen LogP contribution in [0.4, 0.5) is 0 Å². The number of hydrogen-bond acceptors (Lipinski definition) is 0. The summed E-state index contributed by atoms with van der Waals surface area (Å²) in [5.74, 6) is 0. The average Bonchev–Trinajstić information content (AvgIpc) is 1.61. The highest BCUT2D eigenvalue weighted by molar-refractivity contribution is 4.92. The lowest BCUT2D eigenvalue weighted by molar-refractivity contribution is 1.29. The van der Waals surface area contributed by atoms with Crippen molar-refractivity contribution in [2.24, 2.45) is 0 Å². The lowest BCUT2D eigenvalue weighted by Gasteiger charge is -1.75. The molecule has 0 aliphatic rings. The number of hydrogen-bond donors (Lipinski definition) is 0. The lowest BCUT2D eigenvalue weighted by Crippen LogP contribution is -1.58. The summed E-state index contributed by atoms with van der Waals surface area (Å²) in [6.07, 6.45) is 6.89. The molecule has 34 valence electrons. The van der Waals surface area contributed by atoms with Crippen molar-refractivity contribution in [2.75, 3.05) is 0 Å². The summed E-state index contributed by atoms with van der Waals surface area (Å²) in [7, 11) is 0. The van der Waals surface area contributed by atoms with Gasteiger partial charge in [-0.1, -0.05) is 19.1 Å². The van der Waals surface area contributed by atoms with Crippen molar-refractivity contribution >= 4 is 0 Å². The molecule has 0 saturated heterocycles. The molecule has 2 radical (unpaired) electrons. The topological polar surface area (TPSA) is 0 Å². The third kappa shape index (κ3) is 3.74. The molecule has 0 nitrogen and oxygen atoms in total. The molecular weight excluding hydrogens is 72.1 g/mol. The van der Waals surface area contributed by atoms with Crippen molar-refractivity contribution in [2.45, 2.75) is 13.3 Å². The highest BCUT2D eigenvalue weighted by Gasteiger charge is 1.65. The molecule has 0 aromatic carbocycles. The van der Waals surface area contributed by atoms with Crippen molar-refractivity contribution in [3.8, 4) is 0 Å². The molecule has 0 atom stereocenters. The minimum atomic E-state index is 0.893. The van der Waals surface area contributed by atoms with Gasteiger partial charge in [0.15, 0.2) is 0 Å². The van der Waals surface area contributed by atoms with Crippen molar-refractivity contribution in [3.05, 3.63) is 25.5 Å². The molecule has 0 aliphatic carbocycles. The first kappa shape index (κ1) is 5.74. The maximum absolute atomic E-state index is 3.62. The van der Waals surface area contributed by atoms with Crippen LogP contribution < -0.4 is 0 Å². The van der Waals surface area contributed by atoms with Crippen LogP contribution in [0.3, 0.4) is 0 Å². The third-order valence-corrected chi connectivity index (χ3v) is 0.495. The predicted molar refractivity (Wildman–Crippen MR) is 29.1 cm³/mol. The van der Waals surface area contributed by atoms with E-state index in [4.69, 9.17) is 0 Å². The van der Waals surface area contributed by atoms with E-state index in [1.165, 1.54) is 0 Å². The second kappa shape index (κ2) is 4.74. The van der Waals surface area contributed by atoms with Gasteiger partial charge in [-0.15, -0.1) is 0 Å². The molecule has 0 rings (SSSR count). The Bertz CT molecular complexity index is 35.3. The molecule has 0 saturated carbocycles. The van der Waals surface area contributed by atoms with Crippen LogP contribution in [0.1, 0.15) is 13.3 Å². The fourth-order valence-corrected chi connectivity index (χ4v) is 0.232. The van der Waals surface area contributed by atoms with Gasteiger partial charge in [-0.3, -0.25) is 0 Å². The summed E-state index contributed by atoms with van der Waals surface area (Å²) in [5.41, 5.74) is 0. The molecule has 0 heterocycles. The van der Waals surface area contributed by atoms with Gasteiger partial charge in [0.2, 0.25) is 0 Å². The quantitative estimate of drug-likeness (QED) is 0.478. The monoisotopic (exact) mass is 82.1 g/mol. The van der Waals surface area contributed by atoms with Crippen LogP contribution in [0.5, 0.6) is 0 Å². The largest absolute Gasteiger partial charge is 0.0914 e. The fourth-order valence-electron chi connectivity index (χ4n) is 0.232. The fraction of sp³-hybridized carbons (Fsp3) is 0.333. The van der Waals surface area contributed by atoms with Crippen molar-refractivity contribution < 1.29 is 0 Å². The minimum absolute atomic E-state index is 0.893. The third-order valence-electron chi connectivity index (χ3n) is 0.495. The van der Waals surface area contributed by atoms with Gasteiger partial charge in [0.05, 0.1) is 0 Å². The van der Waals surface area contributed by atoms with Crippen LogP contribution in [-0.2, 0) is 0 Å². The number of rotatable bonds is 2. The maximum atomic E-state index is 3.62. The SMILES string of the molecule is [CH2]C[CH]/C=C\C. The lowest BCUT2D eigenvalue weighted by atomic mass is 10.3. The van der Waals surface area contributed by atoms with Gasteiger partial charge in [0.25, 0.3) is 0 Å². The molecule has 6 heavy (non-hydrogen) atoms. The molecule has 0 heteroatoms.